The van der Waals surface area contributed by atoms with E-state index in [1.54, 1.807) is 5.16 Å². The summed E-state index contributed by atoms with van der Waals surface area (Å²) < 4.78 is 33.6. The van der Waals surface area contributed by atoms with Gasteiger partial charge in [-0.2, -0.15) is 13.2 Å². The molecule has 0 bridgehead atoms. The van der Waals surface area contributed by atoms with Crippen LogP contribution in [0.5, 0.6) is 0 Å². The Morgan fingerprint density at radius 3 is 2.00 bits per heavy atom. The third-order valence-electron chi connectivity index (χ3n) is 0.510. The first-order chi connectivity index (χ1) is 4.02. The maximum absolute atomic E-state index is 11.2. The summed E-state index contributed by atoms with van der Waals surface area (Å²) in [5.41, 5.74) is -1.83. The fraction of sp³-hybridized carbons (Fsp3) is 0.333. The molecule has 0 aliphatic heterocycles. The fourth-order valence-electron chi connectivity index (χ4n) is 0.147. The summed E-state index contributed by atoms with van der Waals surface area (Å²) in [6.45, 7) is 0. The second kappa shape index (κ2) is 2.47. The summed E-state index contributed by atoms with van der Waals surface area (Å²) >= 11 is 0. The Hall–Kier alpha value is -1.07. The van der Waals surface area contributed by atoms with Crippen molar-refractivity contribution in [2.24, 2.45) is 5.16 Å². The van der Waals surface area contributed by atoms with Crippen LogP contribution in [-0.4, -0.2) is 23.4 Å². The van der Waals surface area contributed by atoms with Crippen LogP contribution in [0.2, 0.25) is 0 Å². The molecule has 0 aliphatic rings. The van der Waals surface area contributed by atoms with Gasteiger partial charge in [0.05, 0.1) is 0 Å². The number of alkyl halides is 3. The zero-order chi connectivity index (χ0) is 7.49. The monoisotopic (exact) mass is 141 g/mol. The molecule has 9 heavy (non-hydrogen) atoms. The lowest BCUT2D eigenvalue weighted by atomic mass is 10.4. The average Bonchev–Trinajstić information content (AvgIpc) is 1.65. The number of rotatable bonds is 1. The van der Waals surface area contributed by atoms with Crippen LogP contribution < -0.4 is 0 Å². The van der Waals surface area contributed by atoms with Crippen LogP contribution in [0.4, 0.5) is 13.2 Å². The third kappa shape index (κ3) is 2.11. The lowest BCUT2D eigenvalue weighted by Gasteiger charge is -1.99. The van der Waals surface area contributed by atoms with E-state index in [2.05, 4.69) is 0 Å². The van der Waals surface area contributed by atoms with Crippen molar-refractivity contribution in [2.75, 3.05) is 0 Å². The summed E-state index contributed by atoms with van der Waals surface area (Å²) in [5.74, 6) is 0. The highest BCUT2D eigenvalue weighted by Crippen LogP contribution is 2.15. The van der Waals surface area contributed by atoms with Gasteiger partial charge in [0.25, 0.3) is 0 Å². The second-order valence-corrected chi connectivity index (χ2v) is 1.10. The molecule has 0 aliphatic carbocycles. The predicted molar refractivity (Wildman–Crippen MR) is 21.3 cm³/mol. The minimum absolute atomic E-state index is 0.569. The molecule has 3 nitrogen and oxygen atoms in total. The van der Waals surface area contributed by atoms with Gasteiger partial charge in [-0.3, -0.25) is 4.79 Å². The highest BCUT2D eigenvalue weighted by atomic mass is 19.4. The highest BCUT2D eigenvalue weighted by molar-refractivity contribution is 6.30. The van der Waals surface area contributed by atoms with E-state index in [9.17, 15) is 18.0 Å². The molecule has 1 N–H and O–H groups in total. The molecule has 0 saturated heterocycles. The Bertz CT molecular complexity index is 138. The van der Waals surface area contributed by atoms with Crippen molar-refractivity contribution in [3.63, 3.8) is 0 Å². The van der Waals surface area contributed by atoms with Crippen LogP contribution in [-0.2, 0) is 4.79 Å². The van der Waals surface area contributed by atoms with Crippen LogP contribution in [0.25, 0.3) is 0 Å². The van der Waals surface area contributed by atoms with E-state index in [1.807, 2.05) is 0 Å². The molecule has 0 heterocycles. The molecule has 0 saturated carbocycles. The molecular formula is C3H2F3NO2. The van der Waals surface area contributed by atoms with Crippen molar-refractivity contribution in [3.8, 4) is 0 Å². The van der Waals surface area contributed by atoms with Gasteiger partial charge in [-0.25, -0.2) is 0 Å². The minimum Gasteiger partial charge on any atom is -0.410 e. The van der Waals surface area contributed by atoms with Gasteiger partial charge in [0.2, 0.25) is 5.71 Å². The molecule has 0 spiro atoms. The van der Waals surface area contributed by atoms with Crippen molar-refractivity contribution in [2.45, 2.75) is 6.18 Å². The topological polar surface area (TPSA) is 49.7 Å². The molecule has 0 aromatic heterocycles. The second-order valence-electron chi connectivity index (χ2n) is 1.10. The zero-order valence-corrected chi connectivity index (χ0v) is 4.01. The third-order valence-corrected chi connectivity index (χ3v) is 0.510. The van der Waals surface area contributed by atoms with Gasteiger partial charge < -0.3 is 5.21 Å². The summed E-state index contributed by atoms with van der Waals surface area (Å²) in [6.07, 6.45) is -5.42. The Morgan fingerprint density at radius 1 is 1.56 bits per heavy atom. The predicted octanol–water partition coefficient (Wildman–Crippen LogP) is 0.578. The standard InChI is InChI=1S/C3H2F3NO2/c4-3(5,6)2(1-8)7-9/h1,9H. The highest BCUT2D eigenvalue weighted by Gasteiger charge is 2.36. The number of halogens is 3. The molecule has 52 valence electrons. The molecule has 0 aromatic carbocycles. The largest absolute Gasteiger partial charge is 0.439 e. The van der Waals surface area contributed by atoms with Crippen molar-refractivity contribution in [1.29, 1.82) is 0 Å². The first kappa shape index (κ1) is 7.93. The van der Waals surface area contributed by atoms with Crippen molar-refractivity contribution >= 4 is 12.0 Å². The molecule has 0 unspecified atom stereocenters. The average molecular weight is 141 g/mol. The number of carbonyl (C=O) groups is 1. The first-order valence-electron chi connectivity index (χ1n) is 1.76. The number of hydrogen-bond acceptors (Lipinski definition) is 3. The number of carbonyl (C=O) groups excluding carboxylic acids is 1. The van der Waals surface area contributed by atoms with E-state index in [4.69, 9.17) is 5.21 Å². The van der Waals surface area contributed by atoms with Crippen LogP contribution in [0.3, 0.4) is 0 Å². The molecule has 0 radical (unpaired) electrons. The lowest BCUT2D eigenvalue weighted by molar-refractivity contribution is -0.107. The quantitative estimate of drug-likeness (QED) is 0.251. The Morgan fingerprint density at radius 2 is 2.00 bits per heavy atom. The van der Waals surface area contributed by atoms with Crippen LogP contribution in [0.1, 0.15) is 0 Å². The van der Waals surface area contributed by atoms with Crippen LogP contribution in [0, 0.1) is 0 Å². The maximum atomic E-state index is 11.2. The van der Waals surface area contributed by atoms with Gasteiger partial charge in [0.15, 0.2) is 6.29 Å². The lowest BCUT2D eigenvalue weighted by Crippen LogP contribution is -2.23. The van der Waals surface area contributed by atoms with Gasteiger partial charge in [-0.1, -0.05) is 5.16 Å². The van der Waals surface area contributed by atoms with Gasteiger partial charge in [-0.05, 0) is 0 Å². The van der Waals surface area contributed by atoms with Gasteiger partial charge in [0.1, 0.15) is 0 Å². The number of nitrogens with zero attached hydrogens (tertiary/aromatic N) is 1. The molecular weight excluding hydrogens is 139 g/mol. The summed E-state index contributed by atoms with van der Waals surface area (Å²) in [4.78, 5) is 9.37. The molecule has 0 rings (SSSR count). The number of hydrogen-bond donors (Lipinski definition) is 1. The molecule has 0 amide bonds. The maximum Gasteiger partial charge on any atom is 0.439 e. The summed E-state index contributed by atoms with van der Waals surface area (Å²) in [5, 5.41) is 9.20. The first-order valence-corrected chi connectivity index (χ1v) is 1.76. The number of oxime groups is 1. The van der Waals surface area contributed by atoms with Gasteiger partial charge in [-0.15, -0.1) is 0 Å². The van der Waals surface area contributed by atoms with Crippen LogP contribution in [0.15, 0.2) is 5.16 Å². The Labute approximate surface area is 47.8 Å². The summed E-state index contributed by atoms with van der Waals surface area (Å²) in [6, 6.07) is 0. The molecule has 0 atom stereocenters. The van der Waals surface area contributed by atoms with Crippen molar-refractivity contribution in [1.82, 2.24) is 0 Å². The van der Waals surface area contributed by atoms with Gasteiger partial charge >= 0.3 is 6.18 Å². The Kier molecular flexibility index (Phi) is 2.18. The minimum atomic E-state index is -4.85. The summed E-state index contributed by atoms with van der Waals surface area (Å²) in [7, 11) is 0. The van der Waals surface area contributed by atoms with E-state index >= 15 is 0 Å². The van der Waals surface area contributed by atoms with Gasteiger partial charge in [0, 0.05) is 0 Å². The zero-order valence-electron chi connectivity index (χ0n) is 4.01. The molecule has 0 aromatic rings. The smallest absolute Gasteiger partial charge is 0.410 e. The van der Waals surface area contributed by atoms with Crippen molar-refractivity contribution in [3.05, 3.63) is 0 Å². The van der Waals surface area contributed by atoms with E-state index in [-0.39, 0.29) is 0 Å². The Balaban J connectivity index is 4.32. The fourth-order valence-corrected chi connectivity index (χ4v) is 0.147. The van der Waals surface area contributed by atoms with Crippen molar-refractivity contribution < 1.29 is 23.2 Å². The van der Waals surface area contributed by atoms with E-state index < -0.39 is 18.2 Å². The molecule has 0 fully saturated rings. The van der Waals surface area contributed by atoms with Crippen LogP contribution >= 0.6 is 0 Å². The van der Waals surface area contributed by atoms with E-state index in [1.165, 1.54) is 0 Å². The SMILES string of the molecule is O=CC(=NO)C(F)(F)F. The normalized spacial score (nSPS) is 13.4. The molecule has 6 heteroatoms. The van der Waals surface area contributed by atoms with E-state index in [0.717, 1.165) is 0 Å². The number of aldehydes is 1. The van der Waals surface area contributed by atoms with E-state index in [0.29, 0.717) is 0 Å².